The minimum Gasteiger partial charge on any atom is -0.486 e. The van der Waals surface area contributed by atoms with Gasteiger partial charge in [0.25, 0.3) is 0 Å². The van der Waals surface area contributed by atoms with E-state index in [0.717, 1.165) is 28.2 Å². The molecule has 33 heavy (non-hydrogen) atoms. The average Bonchev–Trinajstić information content (AvgIpc) is 3.17. The average molecular weight is 448 g/mol. The molecule has 4 aromatic rings. The first kappa shape index (κ1) is 23.5. The van der Waals surface area contributed by atoms with Crippen LogP contribution in [0.15, 0.2) is 78.9 Å². The summed E-state index contributed by atoms with van der Waals surface area (Å²) in [5.74, 6) is -2.04. The molecular formula is C25H24N2O6. The maximum absolute atomic E-state index is 10.7. The summed E-state index contributed by atoms with van der Waals surface area (Å²) in [7, 11) is 0. The lowest BCUT2D eigenvalue weighted by molar-refractivity contribution is -0.159. The predicted molar refractivity (Wildman–Crippen MR) is 122 cm³/mol. The van der Waals surface area contributed by atoms with Crippen LogP contribution in [0.1, 0.15) is 23.1 Å². The van der Waals surface area contributed by atoms with Crippen LogP contribution in [0.25, 0.3) is 11.0 Å². The number of carboxylic acid groups (broad SMARTS) is 2. The number of nitrogens with zero attached hydrogens (tertiary/aromatic N) is 2. The fraction of sp³-hybridized carbons (Fsp3) is 0.160. The maximum Gasteiger partial charge on any atom is 0.414 e. The third kappa shape index (κ3) is 6.41. The Kier molecular flexibility index (Phi) is 7.77. The van der Waals surface area contributed by atoms with Gasteiger partial charge >= 0.3 is 11.9 Å². The van der Waals surface area contributed by atoms with Crippen LogP contribution in [0.3, 0.4) is 0 Å². The van der Waals surface area contributed by atoms with Gasteiger partial charge in [-0.3, -0.25) is 0 Å². The fourth-order valence-corrected chi connectivity index (χ4v) is 3.18. The second-order valence-corrected chi connectivity index (χ2v) is 7.27. The molecule has 0 aliphatic heterocycles. The standard InChI is InChI=1S/C23H22N2O2.C2H2O4/c1-17-11-13-19(14-12-17)27-16-23-24-20-9-5-6-10-21(20)25(23)15-22(26)18-7-3-2-4-8-18;3-1(4)2(5)6/h2-14,22,26H,15-16H2,1H3;(H,3,4)(H,5,6). The normalized spacial score (nSPS) is 11.3. The number of carboxylic acids is 2. The number of hydrogen-bond acceptors (Lipinski definition) is 5. The molecule has 170 valence electrons. The summed E-state index contributed by atoms with van der Waals surface area (Å²) in [5.41, 5.74) is 3.98. The van der Waals surface area contributed by atoms with Crippen LogP contribution < -0.4 is 4.74 Å². The molecule has 0 aliphatic rings. The Morgan fingerprint density at radius 2 is 1.52 bits per heavy atom. The number of rotatable bonds is 6. The molecule has 1 aromatic heterocycles. The minimum absolute atomic E-state index is 0.346. The number of aliphatic hydroxyl groups is 1. The van der Waals surface area contributed by atoms with Gasteiger partial charge < -0.3 is 24.6 Å². The SMILES string of the molecule is Cc1ccc(OCc2nc3ccccc3n2CC(O)c2ccccc2)cc1.O=C(O)C(=O)O. The van der Waals surface area contributed by atoms with Crippen LogP contribution in [-0.2, 0) is 22.7 Å². The number of fused-ring (bicyclic) bond motifs is 1. The zero-order valence-electron chi connectivity index (χ0n) is 18.0. The molecule has 0 radical (unpaired) electrons. The number of aliphatic hydroxyl groups excluding tert-OH is 1. The highest BCUT2D eigenvalue weighted by Crippen LogP contribution is 2.23. The van der Waals surface area contributed by atoms with Crippen LogP contribution in [0, 0.1) is 6.92 Å². The molecule has 0 saturated carbocycles. The topological polar surface area (TPSA) is 122 Å². The van der Waals surface area contributed by atoms with E-state index in [1.54, 1.807) is 0 Å². The largest absolute Gasteiger partial charge is 0.486 e. The molecule has 8 heteroatoms. The van der Waals surface area contributed by atoms with E-state index in [4.69, 9.17) is 29.5 Å². The third-order valence-corrected chi connectivity index (χ3v) is 4.85. The Bertz CT molecular complexity index is 1210. The second kappa shape index (κ2) is 10.9. The quantitative estimate of drug-likeness (QED) is 0.383. The summed E-state index contributed by atoms with van der Waals surface area (Å²) in [6.07, 6.45) is -0.609. The van der Waals surface area contributed by atoms with Crippen molar-refractivity contribution >= 4 is 23.0 Å². The molecule has 3 N–H and O–H groups in total. The fourth-order valence-electron chi connectivity index (χ4n) is 3.18. The Morgan fingerprint density at radius 1 is 0.909 bits per heavy atom. The van der Waals surface area contributed by atoms with E-state index in [1.165, 1.54) is 5.56 Å². The first-order chi connectivity index (χ1) is 15.8. The molecule has 0 bridgehead atoms. The van der Waals surface area contributed by atoms with Gasteiger partial charge in [0.05, 0.1) is 23.7 Å². The number of hydrogen-bond donors (Lipinski definition) is 3. The van der Waals surface area contributed by atoms with Crippen LogP contribution in [0.4, 0.5) is 0 Å². The Balaban J connectivity index is 0.000000454. The van der Waals surface area contributed by atoms with E-state index in [2.05, 4.69) is 0 Å². The number of imidazole rings is 1. The van der Waals surface area contributed by atoms with Crippen molar-refractivity contribution in [2.75, 3.05) is 0 Å². The van der Waals surface area contributed by atoms with Crippen molar-refractivity contribution in [2.24, 2.45) is 0 Å². The zero-order valence-corrected chi connectivity index (χ0v) is 18.0. The number of benzene rings is 3. The molecule has 0 aliphatic carbocycles. The van der Waals surface area contributed by atoms with Crippen LogP contribution >= 0.6 is 0 Å². The maximum atomic E-state index is 10.7. The van der Waals surface area contributed by atoms with Crippen molar-refractivity contribution in [3.8, 4) is 5.75 Å². The summed E-state index contributed by atoms with van der Waals surface area (Å²) in [5, 5.41) is 25.5. The zero-order chi connectivity index (χ0) is 23.8. The molecule has 0 saturated heterocycles. The van der Waals surface area contributed by atoms with Gasteiger partial charge in [-0.05, 0) is 36.8 Å². The van der Waals surface area contributed by atoms with Gasteiger partial charge in [0.2, 0.25) is 0 Å². The molecular weight excluding hydrogens is 424 g/mol. The highest BCUT2D eigenvalue weighted by molar-refractivity contribution is 6.27. The van der Waals surface area contributed by atoms with Crippen LogP contribution in [0.5, 0.6) is 5.75 Å². The lowest BCUT2D eigenvalue weighted by Crippen LogP contribution is -2.13. The number of ether oxygens (including phenoxy) is 1. The van der Waals surface area contributed by atoms with Gasteiger partial charge in [-0.15, -0.1) is 0 Å². The van der Waals surface area contributed by atoms with E-state index in [0.29, 0.717) is 13.2 Å². The van der Waals surface area contributed by atoms with E-state index >= 15 is 0 Å². The smallest absolute Gasteiger partial charge is 0.414 e. The Hall–Kier alpha value is -4.17. The lowest BCUT2D eigenvalue weighted by Gasteiger charge is -2.15. The monoisotopic (exact) mass is 448 g/mol. The van der Waals surface area contributed by atoms with Gasteiger partial charge in [-0.25, -0.2) is 14.6 Å². The van der Waals surface area contributed by atoms with E-state index in [9.17, 15) is 5.11 Å². The van der Waals surface area contributed by atoms with Crippen molar-refractivity contribution in [1.82, 2.24) is 9.55 Å². The van der Waals surface area contributed by atoms with E-state index < -0.39 is 18.0 Å². The second-order valence-electron chi connectivity index (χ2n) is 7.27. The Morgan fingerprint density at radius 3 is 2.15 bits per heavy atom. The molecule has 0 spiro atoms. The van der Waals surface area contributed by atoms with Gasteiger partial charge in [0, 0.05) is 0 Å². The molecule has 4 rings (SSSR count). The molecule has 0 amide bonds. The highest BCUT2D eigenvalue weighted by atomic mass is 16.5. The summed E-state index contributed by atoms with van der Waals surface area (Å²) >= 11 is 0. The summed E-state index contributed by atoms with van der Waals surface area (Å²) in [6.45, 7) is 2.82. The summed E-state index contributed by atoms with van der Waals surface area (Å²) in [6, 6.07) is 25.6. The molecule has 1 atom stereocenters. The number of aromatic nitrogens is 2. The molecule has 8 nitrogen and oxygen atoms in total. The summed E-state index contributed by atoms with van der Waals surface area (Å²) in [4.78, 5) is 22.9. The third-order valence-electron chi connectivity index (χ3n) is 4.85. The number of para-hydroxylation sites is 2. The molecule has 3 aromatic carbocycles. The first-order valence-corrected chi connectivity index (χ1v) is 10.2. The van der Waals surface area contributed by atoms with E-state index in [-0.39, 0.29) is 0 Å². The molecule has 1 unspecified atom stereocenters. The Labute approximate surface area is 190 Å². The van der Waals surface area contributed by atoms with Crippen molar-refractivity contribution in [2.45, 2.75) is 26.2 Å². The van der Waals surface area contributed by atoms with Crippen molar-refractivity contribution in [3.63, 3.8) is 0 Å². The van der Waals surface area contributed by atoms with Crippen LogP contribution in [0.2, 0.25) is 0 Å². The summed E-state index contributed by atoms with van der Waals surface area (Å²) < 4.78 is 7.98. The molecule has 0 fully saturated rings. The van der Waals surface area contributed by atoms with Gasteiger partial charge in [0.15, 0.2) is 0 Å². The predicted octanol–water partition coefficient (Wildman–Crippen LogP) is 3.81. The van der Waals surface area contributed by atoms with Gasteiger partial charge in [-0.2, -0.15) is 0 Å². The lowest BCUT2D eigenvalue weighted by atomic mass is 10.1. The number of carbonyl (C=O) groups is 2. The minimum atomic E-state index is -1.82. The van der Waals surface area contributed by atoms with Crippen molar-refractivity contribution in [1.29, 1.82) is 0 Å². The van der Waals surface area contributed by atoms with Crippen LogP contribution in [-0.4, -0.2) is 36.8 Å². The first-order valence-electron chi connectivity index (χ1n) is 10.2. The number of aryl methyl sites for hydroxylation is 1. The van der Waals surface area contributed by atoms with E-state index in [1.807, 2.05) is 90.4 Å². The van der Waals surface area contributed by atoms with Gasteiger partial charge in [0.1, 0.15) is 18.2 Å². The van der Waals surface area contributed by atoms with Crippen molar-refractivity contribution < 1.29 is 29.6 Å². The number of aliphatic carboxylic acids is 2. The highest BCUT2D eigenvalue weighted by Gasteiger charge is 2.16. The van der Waals surface area contributed by atoms with Crippen molar-refractivity contribution in [3.05, 3.63) is 95.8 Å². The molecule has 1 heterocycles. The van der Waals surface area contributed by atoms with Gasteiger partial charge in [-0.1, -0.05) is 60.2 Å².